The Morgan fingerprint density at radius 2 is 1.82 bits per heavy atom. The van der Waals surface area contributed by atoms with Crippen LogP contribution in [0.5, 0.6) is 0 Å². The van der Waals surface area contributed by atoms with Gasteiger partial charge in [-0.15, -0.1) is 0 Å². The number of amides is 1. The first-order chi connectivity index (χ1) is 8.04. The summed E-state index contributed by atoms with van der Waals surface area (Å²) in [4.78, 5) is 11.8. The van der Waals surface area contributed by atoms with E-state index in [2.05, 4.69) is 42.0 Å². The standard InChI is InChI=1S/C14H20BrNO/c1-10(2)11(3)9-16-14(17)13-6-4-12(8-15)5-7-13/h4-7,10-11H,8-9H2,1-3H3,(H,16,17). The molecule has 94 valence electrons. The predicted octanol–water partition coefficient (Wildman–Crippen LogP) is 3.60. The molecule has 1 amide bonds. The van der Waals surface area contributed by atoms with Gasteiger partial charge in [-0.05, 0) is 29.5 Å². The average molecular weight is 298 g/mol. The highest BCUT2D eigenvalue weighted by Gasteiger charge is 2.10. The molecule has 1 aromatic rings. The lowest BCUT2D eigenvalue weighted by Crippen LogP contribution is -2.30. The van der Waals surface area contributed by atoms with E-state index in [0.29, 0.717) is 11.8 Å². The number of carbonyl (C=O) groups is 1. The van der Waals surface area contributed by atoms with Crippen molar-refractivity contribution in [2.24, 2.45) is 11.8 Å². The van der Waals surface area contributed by atoms with E-state index in [9.17, 15) is 4.79 Å². The highest BCUT2D eigenvalue weighted by atomic mass is 79.9. The maximum atomic E-state index is 11.8. The third kappa shape index (κ3) is 4.50. The van der Waals surface area contributed by atoms with Gasteiger partial charge in [0.1, 0.15) is 0 Å². The summed E-state index contributed by atoms with van der Waals surface area (Å²) in [5.74, 6) is 1.10. The zero-order valence-electron chi connectivity index (χ0n) is 10.7. The maximum absolute atomic E-state index is 11.8. The van der Waals surface area contributed by atoms with Crippen molar-refractivity contribution in [3.63, 3.8) is 0 Å². The van der Waals surface area contributed by atoms with E-state index in [0.717, 1.165) is 17.4 Å². The van der Waals surface area contributed by atoms with Gasteiger partial charge in [-0.1, -0.05) is 48.8 Å². The molecule has 0 aliphatic heterocycles. The van der Waals surface area contributed by atoms with Crippen LogP contribution in [0.15, 0.2) is 24.3 Å². The van der Waals surface area contributed by atoms with E-state index in [1.54, 1.807) is 0 Å². The van der Waals surface area contributed by atoms with Crippen LogP contribution < -0.4 is 5.32 Å². The first-order valence-corrected chi connectivity index (χ1v) is 7.09. The monoisotopic (exact) mass is 297 g/mol. The maximum Gasteiger partial charge on any atom is 0.251 e. The van der Waals surface area contributed by atoms with Crippen LogP contribution in [0.4, 0.5) is 0 Å². The molecule has 17 heavy (non-hydrogen) atoms. The number of rotatable bonds is 5. The molecular formula is C14H20BrNO. The topological polar surface area (TPSA) is 29.1 Å². The summed E-state index contributed by atoms with van der Waals surface area (Å²) >= 11 is 3.38. The molecule has 1 N–H and O–H groups in total. The lowest BCUT2D eigenvalue weighted by atomic mass is 9.98. The van der Waals surface area contributed by atoms with Gasteiger partial charge in [-0.3, -0.25) is 4.79 Å². The first-order valence-electron chi connectivity index (χ1n) is 5.97. The highest BCUT2D eigenvalue weighted by molar-refractivity contribution is 9.08. The Kier molecular flexibility index (Phi) is 5.69. The largest absolute Gasteiger partial charge is 0.352 e. The Morgan fingerprint density at radius 3 is 2.29 bits per heavy atom. The lowest BCUT2D eigenvalue weighted by Gasteiger charge is -2.16. The molecular weight excluding hydrogens is 278 g/mol. The van der Waals surface area contributed by atoms with Gasteiger partial charge in [-0.25, -0.2) is 0 Å². The SMILES string of the molecule is CC(C)C(C)CNC(=O)c1ccc(CBr)cc1. The van der Waals surface area contributed by atoms with Crippen LogP contribution in [0.1, 0.15) is 36.7 Å². The molecule has 0 aliphatic rings. The Bertz CT molecular complexity index is 359. The summed E-state index contributed by atoms with van der Waals surface area (Å²) in [7, 11) is 0. The van der Waals surface area contributed by atoms with Crippen LogP contribution in [0.25, 0.3) is 0 Å². The number of hydrogen-bond acceptors (Lipinski definition) is 1. The number of carbonyl (C=O) groups excluding carboxylic acids is 1. The molecule has 0 heterocycles. The normalized spacial score (nSPS) is 12.5. The van der Waals surface area contributed by atoms with E-state index in [1.165, 1.54) is 5.56 Å². The summed E-state index contributed by atoms with van der Waals surface area (Å²) < 4.78 is 0. The molecule has 1 aromatic carbocycles. The lowest BCUT2D eigenvalue weighted by molar-refractivity contribution is 0.0945. The molecule has 0 saturated carbocycles. The Balaban J connectivity index is 2.52. The molecule has 0 radical (unpaired) electrons. The molecule has 1 unspecified atom stereocenters. The van der Waals surface area contributed by atoms with E-state index < -0.39 is 0 Å². The van der Waals surface area contributed by atoms with Gasteiger partial charge in [0.05, 0.1) is 0 Å². The molecule has 1 atom stereocenters. The Hall–Kier alpha value is -0.830. The zero-order valence-corrected chi connectivity index (χ0v) is 12.3. The third-order valence-electron chi connectivity index (χ3n) is 3.09. The summed E-state index contributed by atoms with van der Waals surface area (Å²) in [5.41, 5.74) is 1.91. The number of hydrogen-bond donors (Lipinski definition) is 1. The Morgan fingerprint density at radius 1 is 1.24 bits per heavy atom. The van der Waals surface area contributed by atoms with Gasteiger partial charge in [0, 0.05) is 17.4 Å². The number of halogens is 1. The van der Waals surface area contributed by atoms with E-state index in [4.69, 9.17) is 0 Å². The van der Waals surface area contributed by atoms with Crippen molar-refractivity contribution in [3.05, 3.63) is 35.4 Å². The van der Waals surface area contributed by atoms with Crippen LogP contribution >= 0.6 is 15.9 Å². The molecule has 3 heteroatoms. The number of benzene rings is 1. The predicted molar refractivity (Wildman–Crippen MR) is 75.4 cm³/mol. The van der Waals surface area contributed by atoms with Crippen LogP contribution in [0.3, 0.4) is 0 Å². The van der Waals surface area contributed by atoms with Crippen molar-refractivity contribution in [2.75, 3.05) is 6.54 Å². The molecule has 2 nitrogen and oxygen atoms in total. The number of alkyl halides is 1. The fourth-order valence-electron chi connectivity index (χ4n) is 1.34. The molecule has 0 fully saturated rings. The van der Waals surface area contributed by atoms with Crippen molar-refractivity contribution in [1.29, 1.82) is 0 Å². The van der Waals surface area contributed by atoms with Crippen molar-refractivity contribution >= 4 is 21.8 Å². The molecule has 0 bridgehead atoms. The molecule has 1 rings (SSSR count). The average Bonchev–Trinajstić information content (AvgIpc) is 2.35. The summed E-state index contributed by atoms with van der Waals surface area (Å²) in [6.45, 7) is 7.22. The van der Waals surface area contributed by atoms with Crippen LogP contribution in [-0.4, -0.2) is 12.5 Å². The van der Waals surface area contributed by atoms with Gasteiger partial charge < -0.3 is 5.32 Å². The van der Waals surface area contributed by atoms with E-state index >= 15 is 0 Å². The van der Waals surface area contributed by atoms with Crippen molar-refractivity contribution < 1.29 is 4.79 Å². The van der Waals surface area contributed by atoms with Crippen LogP contribution in [0, 0.1) is 11.8 Å². The summed E-state index contributed by atoms with van der Waals surface area (Å²) in [5, 5.41) is 3.79. The van der Waals surface area contributed by atoms with Gasteiger partial charge >= 0.3 is 0 Å². The van der Waals surface area contributed by atoms with Crippen molar-refractivity contribution in [3.8, 4) is 0 Å². The second-order valence-electron chi connectivity index (χ2n) is 4.76. The third-order valence-corrected chi connectivity index (χ3v) is 3.74. The summed E-state index contributed by atoms with van der Waals surface area (Å²) in [6, 6.07) is 7.67. The smallest absolute Gasteiger partial charge is 0.251 e. The molecule has 0 spiro atoms. The van der Waals surface area contributed by atoms with Gasteiger partial charge in [0.15, 0.2) is 0 Å². The van der Waals surface area contributed by atoms with Gasteiger partial charge in [-0.2, -0.15) is 0 Å². The molecule has 0 aromatic heterocycles. The summed E-state index contributed by atoms with van der Waals surface area (Å²) in [6.07, 6.45) is 0. The second-order valence-corrected chi connectivity index (χ2v) is 5.32. The van der Waals surface area contributed by atoms with Gasteiger partial charge in [0.25, 0.3) is 5.91 Å². The fraction of sp³-hybridized carbons (Fsp3) is 0.500. The van der Waals surface area contributed by atoms with Gasteiger partial charge in [0.2, 0.25) is 0 Å². The van der Waals surface area contributed by atoms with E-state index in [-0.39, 0.29) is 5.91 Å². The van der Waals surface area contributed by atoms with Crippen molar-refractivity contribution in [2.45, 2.75) is 26.1 Å². The second kappa shape index (κ2) is 6.80. The van der Waals surface area contributed by atoms with E-state index in [1.807, 2.05) is 24.3 Å². The minimum atomic E-state index is 0.0126. The number of nitrogens with one attached hydrogen (secondary N) is 1. The molecule has 0 saturated heterocycles. The highest BCUT2D eigenvalue weighted by Crippen LogP contribution is 2.10. The quantitative estimate of drug-likeness (QED) is 0.827. The fourth-order valence-corrected chi connectivity index (χ4v) is 1.71. The Labute approximate surface area is 112 Å². The first kappa shape index (κ1) is 14.2. The minimum absolute atomic E-state index is 0.0126. The van der Waals surface area contributed by atoms with Crippen molar-refractivity contribution in [1.82, 2.24) is 5.32 Å². The minimum Gasteiger partial charge on any atom is -0.352 e. The zero-order chi connectivity index (χ0) is 12.8. The molecule has 0 aliphatic carbocycles. The van der Waals surface area contributed by atoms with Crippen LogP contribution in [-0.2, 0) is 5.33 Å². The van der Waals surface area contributed by atoms with Crippen LogP contribution in [0.2, 0.25) is 0 Å².